The lowest BCUT2D eigenvalue weighted by atomic mass is 10.1. The molecule has 1 heterocycles. The molecule has 152 valence electrons. The summed E-state index contributed by atoms with van der Waals surface area (Å²) >= 11 is 5.91. The Bertz CT molecular complexity index is 769. The molecule has 6 heteroatoms. The number of amides is 1. The summed E-state index contributed by atoms with van der Waals surface area (Å²) in [4.78, 5) is 24.2. The van der Waals surface area contributed by atoms with Crippen molar-refractivity contribution in [1.82, 2.24) is 9.78 Å². The number of hydrogen-bond acceptors (Lipinski definition) is 3. The van der Waals surface area contributed by atoms with Crippen molar-refractivity contribution in [2.75, 3.05) is 5.32 Å². The maximum Gasteiger partial charge on any atom is 0.232 e. The molecule has 0 bridgehead atoms. The average Bonchev–Trinajstić information content (AvgIpc) is 3.01. The molecule has 0 saturated carbocycles. The number of aromatic nitrogens is 2. The van der Waals surface area contributed by atoms with Crippen molar-refractivity contribution in [3.63, 3.8) is 0 Å². The molecule has 1 aromatic heterocycles. The number of carbonyl (C=O) groups is 2. The summed E-state index contributed by atoms with van der Waals surface area (Å²) in [5.74, 6) is 0.267. The Morgan fingerprint density at radius 2 is 1.68 bits per heavy atom. The molecular weight excluding hydrogens is 374 g/mol. The van der Waals surface area contributed by atoms with E-state index in [1.165, 1.54) is 32.1 Å². The van der Waals surface area contributed by atoms with Crippen LogP contribution in [0.3, 0.4) is 0 Å². The molecule has 1 aromatic carbocycles. The second-order valence-electron chi connectivity index (χ2n) is 7.18. The number of Topliss-reactive ketones (excluding diaryl/α,β-unsaturated/α-hetero) is 1. The SMILES string of the molecule is CCCCCCCCCC(=O)CC(=O)Nc1cc(-c2ccc(Cl)cc2)nn1C. The molecule has 0 aliphatic heterocycles. The van der Waals surface area contributed by atoms with Crippen LogP contribution >= 0.6 is 11.6 Å². The summed E-state index contributed by atoms with van der Waals surface area (Å²) in [6.07, 6.45) is 8.52. The summed E-state index contributed by atoms with van der Waals surface area (Å²) in [5, 5.41) is 7.85. The third kappa shape index (κ3) is 7.47. The fourth-order valence-corrected chi connectivity index (χ4v) is 3.21. The lowest BCUT2D eigenvalue weighted by molar-refractivity contribution is -0.125. The molecular formula is C22H30ClN3O2. The Hall–Kier alpha value is -2.14. The van der Waals surface area contributed by atoms with Crippen LogP contribution in [0.2, 0.25) is 5.02 Å². The van der Waals surface area contributed by atoms with Crippen molar-refractivity contribution < 1.29 is 9.59 Å². The number of benzene rings is 1. The Balaban J connectivity index is 1.75. The van der Waals surface area contributed by atoms with Crippen LogP contribution < -0.4 is 5.32 Å². The zero-order chi connectivity index (χ0) is 20.4. The normalized spacial score (nSPS) is 10.8. The molecule has 5 nitrogen and oxygen atoms in total. The topological polar surface area (TPSA) is 64.0 Å². The number of halogens is 1. The van der Waals surface area contributed by atoms with Crippen LogP contribution in [0.5, 0.6) is 0 Å². The third-order valence-electron chi connectivity index (χ3n) is 4.70. The number of anilines is 1. The van der Waals surface area contributed by atoms with E-state index in [4.69, 9.17) is 11.6 Å². The van der Waals surface area contributed by atoms with E-state index in [-0.39, 0.29) is 18.1 Å². The molecule has 0 radical (unpaired) electrons. The fourth-order valence-electron chi connectivity index (χ4n) is 3.08. The van der Waals surface area contributed by atoms with Gasteiger partial charge in [0, 0.05) is 30.1 Å². The first-order valence-corrected chi connectivity index (χ1v) is 10.5. The van der Waals surface area contributed by atoms with E-state index in [1.54, 1.807) is 29.9 Å². The van der Waals surface area contributed by atoms with Crippen LogP contribution in [-0.2, 0) is 16.6 Å². The van der Waals surface area contributed by atoms with Crippen molar-refractivity contribution in [3.05, 3.63) is 35.4 Å². The molecule has 28 heavy (non-hydrogen) atoms. The molecule has 0 unspecified atom stereocenters. The minimum atomic E-state index is -0.293. The van der Waals surface area contributed by atoms with Crippen molar-refractivity contribution in [1.29, 1.82) is 0 Å². The molecule has 0 spiro atoms. The van der Waals surface area contributed by atoms with E-state index < -0.39 is 0 Å². The molecule has 0 fully saturated rings. The maximum atomic E-state index is 12.2. The monoisotopic (exact) mass is 403 g/mol. The zero-order valence-electron chi connectivity index (χ0n) is 16.8. The average molecular weight is 404 g/mol. The van der Waals surface area contributed by atoms with Gasteiger partial charge in [0.15, 0.2) is 0 Å². The molecule has 2 aromatic rings. The van der Waals surface area contributed by atoms with E-state index in [2.05, 4.69) is 17.3 Å². The second kappa shape index (κ2) is 11.6. The number of ketones is 1. The van der Waals surface area contributed by atoms with Gasteiger partial charge in [-0.25, -0.2) is 0 Å². The number of rotatable bonds is 12. The van der Waals surface area contributed by atoms with Gasteiger partial charge in [0.1, 0.15) is 11.6 Å². The van der Waals surface area contributed by atoms with E-state index in [1.807, 2.05) is 12.1 Å². The number of nitrogens with zero attached hydrogens (tertiary/aromatic N) is 2. The summed E-state index contributed by atoms with van der Waals surface area (Å²) in [6, 6.07) is 9.14. The van der Waals surface area contributed by atoms with Gasteiger partial charge < -0.3 is 5.32 Å². The van der Waals surface area contributed by atoms with Crippen LogP contribution in [-0.4, -0.2) is 21.5 Å². The van der Waals surface area contributed by atoms with Gasteiger partial charge in [-0.15, -0.1) is 0 Å². The van der Waals surface area contributed by atoms with E-state index in [0.29, 0.717) is 17.3 Å². The largest absolute Gasteiger partial charge is 0.311 e. The second-order valence-corrected chi connectivity index (χ2v) is 7.62. The molecule has 0 atom stereocenters. The van der Waals surface area contributed by atoms with Gasteiger partial charge in [0.05, 0.1) is 12.1 Å². The molecule has 0 aliphatic rings. The summed E-state index contributed by atoms with van der Waals surface area (Å²) < 4.78 is 1.60. The van der Waals surface area contributed by atoms with Gasteiger partial charge >= 0.3 is 0 Å². The third-order valence-corrected chi connectivity index (χ3v) is 4.96. The standard InChI is InChI=1S/C22H30ClN3O2/c1-3-4-5-6-7-8-9-10-19(27)15-22(28)24-21-16-20(25-26(21)2)17-11-13-18(23)14-12-17/h11-14,16H,3-10,15H2,1-2H3,(H,24,28). The molecule has 1 amide bonds. The van der Waals surface area contributed by atoms with Gasteiger partial charge in [-0.05, 0) is 18.6 Å². The summed E-state index contributed by atoms with van der Waals surface area (Å²) in [7, 11) is 1.76. The summed E-state index contributed by atoms with van der Waals surface area (Å²) in [6.45, 7) is 2.20. The minimum absolute atomic E-state index is 0.00819. The highest BCUT2D eigenvalue weighted by Crippen LogP contribution is 2.23. The molecule has 0 saturated heterocycles. The van der Waals surface area contributed by atoms with E-state index in [9.17, 15) is 9.59 Å². The number of unbranched alkanes of at least 4 members (excludes halogenated alkanes) is 6. The van der Waals surface area contributed by atoms with Crippen LogP contribution in [0, 0.1) is 0 Å². The predicted molar refractivity (Wildman–Crippen MR) is 115 cm³/mol. The van der Waals surface area contributed by atoms with Crippen LogP contribution in [0.1, 0.15) is 64.7 Å². The molecule has 0 aliphatic carbocycles. The fraction of sp³-hybridized carbons (Fsp3) is 0.500. The van der Waals surface area contributed by atoms with Crippen molar-refractivity contribution in [2.45, 2.75) is 64.7 Å². The Morgan fingerprint density at radius 3 is 2.36 bits per heavy atom. The predicted octanol–water partition coefficient (Wildman–Crippen LogP) is 5.78. The Kier molecular flexibility index (Phi) is 9.21. The lowest BCUT2D eigenvalue weighted by Gasteiger charge is -2.05. The first-order chi connectivity index (χ1) is 13.5. The Morgan fingerprint density at radius 1 is 1.04 bits per heavy atom. The molecule has 1 N–H and O–H groups in total. The van der Waals surface area contributed by atoms with Crippen LogP contribution in [0.15, 0.2) is 30.3 Å². The minimum Gasteiger partial charge on any atom is -0.311 e. The highest BCUT2D eigenvalue weighted by atomic mass is 35.5. The van der Waals surface area contributed by atoms with Crippen molar-refractivity contribution >= 4 is 29.1 Å². The lowest BCUT2D eigenvalue weighted by Crippen LogP contribution is -2.18. The highest BCUT2D eigenvalue weighted by Gasteiger charge is 2.13. The van der Waals surface area contributed by atoms with Gasteiger partial charge in [0.2, 0.25) is 5.91 Å². The van der Waals surface area contributed by atoms with E-state index in [0.717, 1.165) is 24.1 Å². The van der Waals surface area contributed by atoms with Crippen LogP contribution in [0.4, 0.5) is 5.82 Å². The van der Waals surface area contributed by atoms with Crippen molar-refractivity contribution in [3.8, 4) is 11.3 Å². The summed E-state index contributed by atoms with van der Waals surface area (Å²) in [5.41, 5.74) is 1.65. The van der Waals surface area contributed by atoms with E-state index >= 15 is 0 Å². The number of aryl methyl sites for hydroxylation is 1. The van der Waals surface area contributed by atoms with Crippen LogP contribution in [0.25, 0.3) is 11.3 Å². The quantitative estimate of drug-likeness (QED) is 0.361. The number of nitrogens with one attached hydrogen (secondary N) is 1. The molecule has 2 rings (SSSR count). The first-order valence-electron chi connectivity index (χ1n) is 10.1. The number of carbonyl (C=O) groups excluding carboxylic acids is 2. The maximum absolute atomic E-state index is 12.2. The van der Waals surface area contributed by atoms with Crippen molar-refractivity contribution in [2.24, 2.45) is 7.05 Å². The zero-order valence-corrected chi connectivity index (χ0v) is 17.6. The van der Waals surface area contributed by atoms with Gasteiger partial charge in [0.25, 0.3) is 0 Å². The van der Waals surface area contributed by atoms with Gasteiger partial charge in [-0.3, -0.25) is 14.3 Å². The van der Waals surface area contributed by atoms with Gasteiger partial charge in [-0.2, -0.15) is 5.10 Å². The van der Waals surface area contributed by atoms with Gasteiger partial charge in [-0.1, -0.05) is 69.2 Å². The Labute approximate surface area is 172 Å². The smallest absolute Gasteiger partial charge is 0.232 e. The first kappa shape index (κ1) is 22.2. The highest BCUT2D eigenvalue weighted by molar-refractivity contribution is 6.30. The number of hydrogen-bond donors (Lipinski definition) is 1.